The zero-order chi connectivity index (χ0) is 12.4. The van der Waals surface area contributed by atoms with E-state index in [4.69, 9.17) is 0 Å². The lowest BCUT2D eigenvalue weighted by Crippen LogP contribution is -2.33. The standard InChI is InChI=1S/C14H22N2O/c1-10(2)16(9-12-4-5-12)14-7-6-13(8-15-14)11(3)17/h6-8,10-12,17H,4-5,9H2,1-3H3/t11-/m1/s1. The molecule has 1 aromatic heterocycles. The molecule has 1 heterocycles. The number of rotatable bonds is 5. The molecule has 0 amide bonds. The Kier molecular flexibility index (Phi) is 3.67. The first-order valence-corrected chi connectivity index (χ1v) is 6.48. The van der Waals surface area contributed by atoms with Crippen LogP contribution in [0.5, 0.6) is 0 Å². The summed E-state index contributed by atoms with van der Waals surface area (Å²) in [5, 5.41) is 9.46. The van der Waals surface area contributed by atoms with Crippen molar-refractivity contribution < 1.29 is 5.11 Å². The summed E-state index contributed by atoms with van der Waals surface area (Å²) in [5.74, 6) is 1.88. The van der Waals surface area contributed by atoms with Gasteiger partial charge in [0, 0.05) is 18.8 Å². The molecule has 1 aromatic rings. The van der Waals surface area contributed by atoms with E-state index in [-0.39, 0.29) is 0 Å². The van der Waals surface area contributed by atoms with E-state index in [1.165, 1.54) is 12.8 Å². The van der Waals surface area contributed by atoms with Crippen LogP contribution >= 0.6 is 0 Å². The van der Waals surface area contributed by atoms with Crippen molar-refractivity contribution in [1.82, 2.24) is 4.98 Å². The zero-order valence-corrected chi connectivity index (χ0v) is 10.9. The molecule has 1 fully saturated rings. The van der Waals surface area contributed by atoms with Gasteiger partial charge in [-0.15, -0.1) is 0 Å². The monoisotopic (exact) mass is 234 g/mol. The van der Waals surface area contributed by atoms with Crippen molar-refractivity contribution in [2.45, 2.75) is 45.8 Å². The van der Waals surface area contributed by atoms with Gasteiger partial charge >= 0.3 is 0 Å². The quantitative estimate of drug-likeness (QED) is 0.851. The largest absolute Gasteiger partial charge is 0.389 e. The van der Waals surface area contributed by atoms with Crippen LogP contribution in [0.4, 0.5) is 5.82 Å². The molecule has 1 N–H and O–H groups in total. The predicted octanol–water partition coefficient (Wildman–Crippen LogP) is 2.76. The Labute approximate surface area is 103 Å². The van der Waals surface area contributed by atoms with Crippen LogP contribution in [0.15, 0.2) is 18.3 Å². The maximum atomic E-state index is 9.46. The van der Waals surface area contributed by atoms with E-state index in [2.05, 4.69) is 23.7 Å². The molecule has 1 saturated carbocycles. The van der Waals surface area contributed by atoms with Gasteiger partial charge in [0.25, 0.3) is 0 Å². The number of aliphatic hydroxyl groups excluding tert-OH is 1. The highest BCUT2D eigenvalue weighted by Crippen LogP contribution is 2.31. The second-order valence-electron chi connectivity index (χ2n) is 5.32. The van der Waals surface area contributed by atoms with Crippen LogP contribution in [0.3, 0.4) is 0 Å². The number of hydrogen-bond donors (Lipinski definition) is 1. The molecule has 0 bridgehead atoms. The Balaban J connectivity index is 2.11. The molecule has 94 valence electrons. The van der Waals surface area contributed by atoms with Crippen molar-refractivity contribution >= 4 is 5.82 Å². The number of aliphatic hydroxyl groups is 1. The van der Waals surface area contributed by atoms with Gasteiger partial charge in [0.2, 0.25) is 0 Å². The zero-order valence-electron chi connectivity index (χ0n) is 10.9. The molecule has 1 atom stereocenters. The van der Waals surface area contributed by atoms with Crippen LogP contribution in [0.2, 0.25) is 0 Å². The van der Waals surface area contributed by atoms with Crippen molar-refractivity contribution in [2.75, 3.05) is 11.4 Å². The van der Waals surface area contributed by atoms with Crippen molar-refractivity contribution in [2.24, 2.45) is 5.92 Å². The first-order chi connectivity index (χ1) is 8.08. The van der Waals surface area contributed by atoms with Crippen LogP contribution in [-0.2, 0) is 0 Å². The molecular weight excluding hydrogens is 212 g/mol. The first kappa shape index (κ1) is 12.4. The molecule has 1 aliphatic rings. The molecule has 17 heavy (non-hydrogen) atoms. The molecule has 1 aliphatic carbocycles. The van der Waals surface area contributed by atoms with Crippen molar-refractivity contribution in [3.63, 3.8) is 0 Å². The summed E-state index contributed by atoms with van der Waals surface area (Å²) in [6.07, 6.45) is 4.05. The molecular formula is C14H22N2O. The highest BCUT2D eigenvalue weighted by atomic mass is 16.3. The SMILES string of the molecule is CC(C)N(CC1CC1)c1ccc([C@@H](C)O)cn1. The highest BCUT2D eigenvalue weighted by Gasteiger charge is 2.26. The Bertz CT molecular complexity index is 355. The van der Waals surface area contributed by atoms with E-state index in [1.807, 2.05) is 12.1 Å². The van der Waals surface area contributed by atoms with Gasteiger partial charge in [0.15, 0.2) is 0 Å². The fourth-order valence-electron chi connectivity index (χ4n) is 1.96. The first-order valence-electron chi connectivity index (χ1n) is 6.48. The number of pyridine rings is 1. The van der Waals surface area contributed by atoms with Gasteiger partial charge in [-0.05, 0) is 51.2 Å². The van der Waals surface area contributed by atoms with Gasteiger partial charge in [-0.2, -0.15) is 0 Å². The van der Waals surface area contributed by atoms with Crippen LogP contribution in [0.25, 0.3) is 0 Å². The van der Waals surface area contributed by atoms with Gasteiger partial charge < -0.3 is 10.0 Å². The number of aromatic nitrogens is 1. The Morgan fingerprint density at radius 2 is 2.06 bits per heavy atom. The fourth-order valence-corrected chi connectivity index (χ4v) is 1.96. The summed E-state index contributed by atoms with van der Waals surface area (Å²) in [5.41, 5.74) is 0.879. The van der Waals surface area contributed by atoms with Gasteiger partial charge in [0.05, 0.1) is 6.10 Å². The van der Waals surface area contributed by atoms with Gasteiger partial charge in [-0.25, -0.2) is 4.98 Å². The summed E-state index contributed by atoms with van der Waals surface area (Å²) in [6.45, 7) is 7.28. The maximum absolute atomic E-state index is 9.46. The van der Waals surface area contributed by atoms with Gasteiger partial charge in [-0.1, -0.05) is 6.07 Å². The topological polar surface area (TPSA) is 36.4 Å². The van der Waals surface area contributed by atoms with E-state index < -0.39 is 6.10 Å². The minimum Gasteiger partial charge on any atom is -0.389 e. The van der Waals surface area contributed by atoms with Crippen LogP contribution in [0, 0.1) is 5.92 Å². The summed E-state index contributed by atoms with van der Waals surface area (Å²) < 4.78 is 0. The summed E-state index contributed by atoms with van der Waals surface area (Å²) >= 11 is 0. The van der Waals surface area contributed by atoms with E-state index in [9.17, 15) is 5.11 Å². The molecule has 3 heteroatoms. The Morgan fingerprint density at radius 3 is 2.47 bits per heavy atom. The lowest BCUT2D eigenvalue weighted by Gasteiger charge is -2.28. The third-order valence-electron chi connectivity index (χ3n) is 3.32. The van der Waals surface area contributed by atoms with Crippen LogP contribution in [-0.4, -0.2) is 22.7 Å². The molecule has 0 spiro atoms. The second kappa shape index (κ2) is 5.05. The van der Waals surface area contributed by atoms with E-state index in [0.29, 0.717) is 6.04 Å². The maximum Gasteiger partial charge on any atom is 0.128 e. The third-order valence-corrected chi connectivity index (χ3v) is 3.32. The minimum absolute atomic E-state index is 0.438. The smallest absolute Gasteiger partial charge is 0.128 e. The highest BCUT2D eigenvalue weighted by molar-refractivity contribution is 5.40. The molecule has 0 aliphatic heterocycles. The number of hydrogen-bond acceptors (Lipinski definition) is 3. The molecule has 0 aromatic carbocycles. The molecule has 0 saturated heterocycles. The average Bonchev–Trinajstić information content (AvgIpc) is 3.09. The van der Waals surface area contributed by atoms with Gasteiger partial charge in [0.1, 0.15) is 5.82 Å². The molecule has 0 radical (unpaired) electrons. The van der Waals surface area contributed by atoms with Crippen molar-refractivity contribution in [1.29, 1.82) is 0 Å². The molecule has 0 unspecified atom stereocenters. The fraction of sp³-hybridized carbons (Fsp3) is 0.643. The second-order valence-corrected chi connectivity index (χ2v) is 5.32. The predicted molar refractivity (Wildman–Crippen MR) is 70.1 cm³/mol. The molecule has 2 rings (SSSR count). The van der Waals surface area contributed by atoms with E-state index in [0.717, 1.165) is 23.8 Å². The number of anilines is 1. The Hall–Kier alpha value is -1.09. The van der Waals surface area contributed by atoms with Crippen LogP contribution in [0.1, 0.15) is 45.3 Å². The van der Waals surface area contributed by atoms with Crippen molar-refractivity contribution in [3.8, 4) is 0 Å². The number of nitrogens with zero attached hydrogens (tertiary/aromatic N) is 2. The lowest BCUT2D eigenvalue weighted by molar-refractivity contribution is 0.199. The Morgan fingerprint density at radius 1 is 1.35 bits per heavy atom. The third kappa shape index (κ3) is 3.19. The minimum atomic E-state index is -0.438. The average molecular weight is 234 g/mol. The summed E-state index contributed by atoms with van der Waals surface area (Å²) in [4.78, 5) is 6.82. The molecule has 3 nitrogen and oxygen atoms in total. The van der Waals surface area contributed by atoms with E-state index >= 15 is 0 Å². The lowest BCUT2D eigenvalue weighted by atomic mass is 10.2. The summed E-state index contributed by atoms with van der Waals surface area (Å²) in [6, 6.07) is 4.46. The van der Waals surface area contributed by atoms with Crippen LogP contribution < -0.4 is 4.90 Å². The van der Waals surface area contributed by atoms with E-state index in [1.54, 1.807) is 13.1 Å². The summed E-state index contributed by atoms with van der Waals surface area (Å²) in [7, 11) is 0. The normalized spacial score (nSPS) is 17.2. The van der Waals surface area contributed by atoms with Gasteiger partial charge in [-0.3, -0.25) is 0 Å². The van der Waals surface area contributed by atoms with Crippen molar-refractivity contribution in [3.05, 3.63) is 23.9 Å².